The zero-order chi connectivity index (χ0) is 20.6. The van der Waals surface area contributed by atoms with Gasteiger partial charge in [0.25, 0.3) is 0 Å². The van der Waals surface area contributed by atoms with Crippen molar-refractivity contribution in [1.29, 1.82) is 0 Å². The van der Waals surface area contributed by atoms with E-state index in [4.69, 9.17) is 5.11 Å². The van der Waals surface area contributed by atoms with E-state index in [1.54, 1.807) is 6.92 Å². The Labute approximate surface area is 157 Å². The van der Waals surface area contributed by atoms with E-state index in [2.05, 4.69) is 16.0 Å². The number of halogens is 2. The van der Waals surface area contributed by atoms with Crippen LogP contribution in [-0.4, -0.2) is 53.5 Å². The van der Waals surface area contributed by atoms with Crippen LogP contribution in [0.25, 0.3) is 0 Å². The van der Waals surface area contributed by atoms with Gasteiger partial charge >= 0.3 is 6.09 Å². The van der Waals surface area contributed by atoms with Crippen LogP contribution in [0, 0.1) is 17.6 Å². The molecular weight excluding hydrogens is 360 g/mol. The molecule has 1 aromatic rings. The predicted molar refractivity (Wildman–Crippen MR) is 96.3 cm³/mol. The second-order valence-corrected chi connectivity index (χ2v) is 6.87. The number of amides is 2. The van der Waals surface area contributed by atoms with Crippen molar-refractivity contribution in [1.82, 2.24) is 16.0 Å². The van der Waals surface area contributed by atoms with Gasteiger partial charge in [0.1, 0.15) is 11.6 Å². The zero-order valence-corrected chi connectivity index (χ0v) is 15.6. The lowest BCUT2D eigenvalue weighted by atomic mass is 10.0. The summed E-state index contributed by atoms with van der Waals surface area (Å²) < 4.78 is 26.6. The highest BCUT2D eigenvalue weighted by Gasteiger charge is 2.23. The summed E-state index contributed by atoms with van der Waals surface area (Å²) in [6.45, 7) is 5.96. The summed E-state index contributed by atoms with van der Waals surface area (Å²) in [5.74, 6) is -1.53. The first kappa shape index (κ1) is 22.8. The fraction of sp³-hybridized carbons (Fsp3) is 0.556. The van der Waals surface area contributed by atoms with E-state index in [9.17, 15) is 23.5 Å². The van der Waals surface area contributed by atoms with Crippen molar-refractivity contribution in [2.24, 2.45) is 5.92 Å². The highest BCUT2D eigenvalue weighted by atomic mass is 19.1. The van der Waals surface area contributed by atoms with Gasteiger partial charge in [0, 0.05) is 19.2 Å². The number of aliphatic hydroxyl groups is 1. The van der Waals surface area contributed by atoms with Crippen LogP contribution in [0.15, 0.2) is 18.2 Å². The van der Waals surface area contributed by atoms with E-state index < -0.39 is 35.9 Å². The molecule has 1 rings (SSSR count). The van der Waals surface area contributed by atoms with Crippen molar-refractivity contribution >= 4 is 12.0 Å². The molecule has 0 fully saturated rings. The molecule has 3 atom stereocenters. The average molecular weight is 387 g/mol. The van der Waals surface area contributed by atoms with Gasteiger partial charge in [0.05, 0.1) is 18.2 Å². The highest BCUT2D eigenvalue weighted by Crippen LogP contribution is 2.12. The number of rotatable bonds is 10. The molecule has 0 aromatic heterocycles. The van der Waals surface area contributed by atoms with Crippen LogP contribution >= 0.6 is 0 Å². The van der Waals surface area contributed by atoms with Crippen molar-refractivity contribution in [3.8, 4) is 0 Å². The summed E-state index contributed by atoms with van der Waals surface area (Å²) in [4.78, 5) is 22.9. The van der Waals surface area contributed by atoms with Crippen LogP contribution < -0.4 is 16.0 Å². The minimum Gasteiger partial charge on any atom is -0.465 e. The fourth-order valence-electron chi connectivity index (χ4n) is 2.41. The third kappa shape index (κ3) is 8.78. The second-order valence-electron chi connectivity index (χ2n) is 6.87. The molecule has 0 saturated heterocycles. The minimum absolute atomic E-state index is 0.0843. The molecule has 27 heavy (non-hydrogen) atoms. The van der Waals surface area contributed by atoms with E-state index in [0.717, 1.165) is 12.1 Å². The molecule has 0 saturated carbocycles. The summed E-state index contributed by atoms with van der Waals surface area (Å²) in [7, 11) is 0. The number of hydrogen-bond acceptors (Lipinski definition) is 4. The van der Waals surface area contributed by atoms with Crippen molar-refractivity contribution in [3.05, 3.63) is 35.4 Å². The molecule has 0 bridgehead atoms. The summed E-state index contributed by atoms with van der Waals surface area (Å²) in [5.41, 5.74) is 0.202. The molecule has 152 valence electrons. The van der Waals surface area contributed by atoms with Gasteiger partial charge in [-0.2, -0.15) is 0 Å². The summed E-state index contributed by atoms with van der Waals surface area (Å²) >= 11 is 0. The van der Waals surface area contributed by atoms with Gasteiger partial charge in [0.2, 0.25) is 5.91 Å². The Bertz CT molecular complexity index is 623. The molecule has 0 spiro atoms. The molecule has 0 aliphatic rings. The van der Waals surface area contributed by atoms with Crippen molar-refractivity contribution in [2.45, 2.75) is 45.4 Å². The average Bonchev–Trinajstić information content (AvgIpc) is 2.55. The number of benzene rings is 1. The first-order valence-electron chi connectivity index (χ1n) is 8.72. The normalized spacial score (nSPS) is 14.5. The Balaban J connectivity index is 2.67. The first-order chi connectivity index (χ1) is 12.6. The summed E-state index contributed by atoms with van der Waals surface area (Å²) in [6, 6.07) is 1.24. The maximum absolute atomic E-state index is 13.3. The molecule has 5 N–H and O–H groups in total. The maximum Gasteiger partial charge on any atom is 0.404 e. The molecular formula is C18H27F2N3O4. The highest BCUT2D eigenvalue weighted by molar-refractivity contribution is 5.81. The zero-order valence-electron chi connectivity index (χ0n) is 15.6. The molecule has 7 nitrogen and oxygen atoms in total. The standard InChI is InChI=1S/C18H27F2N3O4/c1-10(2)8-22-17(25)11(3)21-9-16(24)15(23-18(26)27)6-12-4-13(19)7-14(20)5-12/h4-5,7,10-11,15-16,21,23-24H,6,8-9H2,1-3H3,(H,22,25)(H,26,27)/t11-,15-,16-/m0/s1. The van der Waals surface area contributed by atoms with Crippen LogP contribution in [0.3, 0.4) is 0 Å². The molecule has 0 aliphatic carbocycles. The van der Waals surface area contributed by atoms with Crippen LogP contribution in [0.5, 0.6) is 0 Å². The van der Waals surface area contributed by atoms with Gasteiger partial charge in [0.15, 0.2) is 0 Å². The number of carbonyl (C=O) groups is 2. The van der Waals surface area contributed by atoms with Crippen LogP contribution in [0.4, 0.5) is 13.6 Å². The SMILES string of the molecule is CC(C)CNC(=O)[C@H](C)NC[C@H](O)[C@H](Cc1cc(F)cc(F)c1)NC(=O)O. The van der Waals surface area contributed by atoms with E-state index in [1.165, 1.54) is 0 Å². The van der Waals surface area contributed by atoms with Crippen LogP contribution in [0.1, 0.15) is 26.3 Å². The van der Waals surface area contributed by atoms with E-state index in [1.807, 2.05) is 13.8 Å². The largest absolute Gasteiger partial charge is 0.465 e. The smallest absolute Gasteiger partial charge is 0.404 e. The Kier molecular flexibility index (Phi) is 9.10. The molecule has 1 aromatic carbocycles. The van der Waals surface area contributed by atoms with Gasteiger partial charge in [-0.15, -0.1) is 0 Å². The van der Waals surface area contributed by atoms with Gasteiger partial charge < -0.3 is 26.2 Å². The number of hydrogen-bond donors (Lipinski definition) is 5. The van der Waals surface area contributed by atoms with Crippen molar-refractivity contribution in [3.63, 3.8) is 0 Å². The Morgan fingerprint density at radius 3 is 2.19 bits per heavy atom. The number of carboxylic acid groups (broad SMARTS) is 1. The monoisotopic (exact) mass is 387 g/mol. The molecule has 0 unspecified atom stereocenters. The maximum atomic E-state index is 13.3. The Morgan fingerprint density at radius 2 is 1.67 bits per heavy atom. The van der Waals surface area contributed by atoms with Gasteiger partial charge in [-0.3, -0.25) is 4.79 Å². The van der Waals surface area contributed by atoms with E-state index in [0.29, 0.717) is 18.5 Å². The summed E-state index contributed by atoms with van der Waals surface area (Å²) in [5, 5.41) is 27.0. The van der Waals surface area contributed by atoms with E-state index in [-0.39, 0.29) is 24.4 Å². The lowest BCUT2D eigenvalue weighted by molar-refractivity contribution is -0.123. The lowest BCUT2D eigenvalue weighted by Crippen LogP contribution is -2.51. The molecule has 2 amide bonds. The number of aliphatic hydroxyl groups excluding tert-OH is 1. The fourth-order valence-corrected chi connectivity index (χ4v) is 2.41. The van der Waals surface area contributed by atoms with Crippen LogP contribution in [-0.2, 0) is 11.2 Å². The molecule has 0 radical (unpaired) electrons. The third-order valence-electron chi connectivity index (χ3n) is 3.86. The van der Waals surface area contributed by atoms with Crippen molar-refractivity contribution in [2.75, 3.05) is 13.1 Å². The minimum atomic E-state index is -1.38. The Morgan fingerprint density at radius 1 is 1.07 bits per heavy atom. The van der Waals surface area contributed by atoms with Crippen molar-refractivity contribution < 1.29 is 28.6 Å². The molecule has 0 aliphatic heterocycles. The topological polar surface area (TPSA) is 111 Å². The number of carbonyl (C=O) groups excluding carboxylic acids is 1. The first-order valence-corrected chi connectivity index (χ1v) is 8.72. The second kappa shape index (κ2) is 10.8. The van der Waals surface area contributed by atoms with E-state index >= 15 is 0 Å². The quantitative estimate of drug-likeness (QED) is 0.415. The summed E-state index contributed by atoms with van der Waals surface area (Å²) in [6.07, 6.45) is -2.70. The predicted octanol–water partition coefficient (Wildman–Crippen LogP) is 1.25. The number of nitrogens with one attached hydrogen (secondary N) is 3. The van der Waals surface area contributed by atoms with Gasteiger partial charge in [-0.25, -0.2) is 13.6 Å². The third-order valence-corrected chi connectivity index (χ3v) is 3.86. The van der Waals surface area contributed by atoms with Gasteiger partial charge in [-0.1, -0.05) is 13.8 Å². The lowest BCUT2D eigenvalue weighted by Gasteiger charge is -2.25. The molecule has 0 heterocycles. The van der Waals surface area contributed by atoms with Gasteiger partial charge in [-0.05, 0) is 37.0 Å². The molecule has 9 heteroatoms. The van der Waals surface area contributed by atoms with Crippen LogP contribution in [0.2, 0.25) is 0 Å². The Hall–Kier alpha value is -2.26.